The molecule has 0 aromatic heterocycles. The van der Waals surface area contributed by atoms with Crippen molar-refractivity contribution >= 4 is 14.5 Å². The summed E-state index contributed by atoms with van der Waals surface area (Å²) >= 11 is 0. The summed E-state index contributed by atoms with van der Waals surface area (Å²) < 4.78 is 21.7. The number of hydrogen-bond acceptors (Lipinski definition) is 4. The molecule has 22 heavy (non-hydrogen) atoms. The monoisotopic (exact) mass is 320 g/mol. The molecule has 0 aliphatic heterocycles. The van der Waals surface area contributed by atoms with Crippen LogP contribution in [-0.4, -0.2) is 28.4 Å². The quantitative estimate of drug-likeness (QED) is 0.793. The highest BCUT2D eigenvalue weighted by atomic mass is 31.0. The van der Waals surface area contributed by atoms with E-state index in [9.17, 15) is 0 Å². The first kappa shape index (κ1) is 16.4. The van der Waals surface area contributed by atoms with Crippen LogP contribution >= 0.6 is 9.24 Å². The molecule has 0 amide bonds. The van der Waals surface area contributed by atoms with E-state index in [1.165, 1.54) is 0 Å². The third kappa shape index (κ3) is 2.97. The van der Waals surface area contributed by atoms with Crippen LogP contribution < -0.4 is 24.3 Å². The summed E-state index contributed by atoms with van der Waals surface area (Å²) in [5.41, 5.74) is 2.99. The maximum atomic E-state index is 5.56. The minimum Gasteiger partial charge on any atom is -0.497 e. The molecule has 0 saturated carbocycles. The van der Waals surface area contributed by atoms with E-state index in [4.69, 9.17) is 18.9 Å². The van der Waals surface area contributed by atoms with Crippen molar-refractivity contribution in [1.82, 2.24) is 0 Å². The standard InChI is InChI=1S/C17H21O4P/c1-10-6-11(18-2)7-13(20-4)16(10)17-14(21-5)8-12(19-3)9-15(17)22/h6-9H,22H2,1-5H3. The van der Waals surface area contributed by atoms with Gasteiger partial charge in [0.15, 0.2) is 0 Å². The minimum atomic E-state index is 0.732. The van der Waals surface area contributed by atoms with Gasteiger partial charge in [0.25, 0.3) is 0 Å². The fourth-order valence-corrected chi connectivity index (χ4v) is 2.93. The highest BCUT2D eigenvalue weighted by Crippen LogP contribution is 2.42. The number of benzene rings is 2. The maximum Gasteiger partial charge on any atom is 0.131 e. The predicted molar refractivity (Wildman–Crippen MR) is 92.2 cm³/mol. The van der Waals surface area contributed by atoms with Crippen molar-refractivity contribution < 1.29 is 18.9 Å². The van der Waals surface area contributed by atoms with Crippen molar-refractivity contribution in [2.45, 2.75) is 6.92 Å². The van der Waals surface area contributed by atoms with Gasteiger partial charge >= 0.3 is 0 Å². The van der Waals surface area contributed by atoms with E-state index >= 15 is 0 Å². The molecule has 5 heteroatoms. The lowest BCUT2D eigenvalue weighted by molar-refractivity contribution is 0.391. The molecule has 0 heterocycles. The van der Waals surface area contributed by atoms with Crippen LogP contribution in [0, 0.1) is 6.92 Å². The van der Waals surface area contributed by atoms with Gasteiger partial charge in [-0.1, -0.05) is 0 Å². The minimum absolute atomic E-state index is 0.732. The van der Waals surface area contributed by atoms with Crippen molar-refractivity contribution in [2.75, 3.05) is 28.4 Å². The summed E-state index contributed by atoms with van der Waals surface area (Å²) in [6.45, 7) is 2.02. The van der Waals surface area contributed by atoms with Crippen LogP contribution in [0.25, 0.3) is 11.1 Å². The highest BCUT2D eigenvalue weighted by Gasteiger charge is 2.19. The Morgan fingerprint density at radius 2 is 1.18 bits per heavy atom. The summed E-state index contributed by atoms with van der Waals surface area (Å²) in [6.07, 6.45) is 0. The van der Waals surface area contributed by atoms with Gasteiger partial charge in [-0.2, -0.15) is 0 Å². The van der Waals surface area contributed by atoms with Gasteiger partial charge in [0.1, 0.15) is 23.0 Å². The lowest BCUT2D eigenvalue weighted by Crippen LogP contribution is -2.05. The van der Waals surface area contributed by atoms with Crippen molar-refractivity contribution in [3.63, 3.8) is 0 Å². The maximum absolute atomic E-state index is 5.56. The van der Waals surface area contributed by atoms with E-state index in [1.807, 2.05) is 31.2 Å². The predicted octanol–water partition coefficient (Wildman–Crippen LogP) is 3.20. The van der Waals surface area contributed by atoms with Gasteiger partial charge in [-0.05, 0) is 29.9 Å². The van der Waals surface area contributed by atoms with Crippen LogP contribution in [0.3, 0.4) is 0 Å². The second kappa shape index (κ2) is 6.89. The van der Waals surface area contributed by atoms with Gasteiger partial charge in [0.05, 0.1) is 28.4 Å². The number of rotatable bonds is 5. The van der Waals surface area contributed by atoms with E-state index in [2.05, 4.69) is 9.24 Å². The zero-order chi connectivity index (χ0) is 16.3. The summed E-state index contributed by atoms with van der Waals surface area (Å²) in [5, 5.41) is 0.975. The molecule has 0 saturated heterocycles. The Morgan fingerprint density at radius 3 is 1.68 bits per heavy atom. The van der Waals surface area contributed by atoms with Crippen LogP contribution in [0.4, 0.5) is 0 Å². The third-order valence-electron chi connectivity index (χ3n) is 3.54. The van der Waals surface area contributed by atoms with E-state index in [0.29, 0.717) is 0 Å². The summed E-state index contributed by atoms with van der Waals surface area (Å²) in [6, 6.07) is 7.67. The van der Waals surface area contributed by atoms with Gasteiger partial charge in [0.2, 0.25) is 0 Å². The molecule has 1 unspecified atom stereocenters. The first-order valence-electron chi connectivity index (χ1n) is 6.80. The Kier molecular flexibility index (Phi) is 5.15. The van der Waals surface area contributed by atoms with Gasteiger partial charge in [-0.15, -0.1) is 9.24 Å². The topological polar surface area (TPSA) is 36.9 Å². The van der Waals surface area contributed by atoms with E-state index in [0.717, 1.165) is 45.0 Å². The largest absolute Gasteiger partial charge is 0.497 e. The molecule has 2 aromatic carbocycles. The Morgan fingerprint density at radius 1 is 0.682 bits per heavy atom. The molecule has 4 nitrogen and oxygen atoms in total. The van der Waals surface area contributed by atoms with Crippen LogP contribution in [0.2, 0.25) is 0 Å². The first-order valence-corrected chi connectivity index (χ1v) is 7.37. The summed E-state index contributed by atoms with van der Waals surface area (Å²) in [7, 11) is 9.30. The van der Waals surface area contributed by atoms with Crippen LogP contribution in [0.1, 0.15) is 5.56 Å². The Balaban J connectivity index is 2.76. The number of methoxy groups -OCH3 is 4. The van der Waals surface area contributed by atoms with Gasteiger partial charge in [0, 0.05) is 23.3 Å². The number of aryl methyl sites for hydroxylation is 1. The molecule has 0 aliphatic rings. The van der Waals surface area contributed by atoms with E-state index in [-0.39, 0.29) is 0 Å². The molecule has 0 fully saturated rings. The zero-order valence-corrected chi connectivity index (χ0v) is 14.7. The molecule has 2 rings (SSSR count). The Hall–Kier alpha value is -1.93. The average molecular weight is 320 g/mol. The fraction of sp³-hybridized carbons (Fsp3) is 0.294. The Bertz CT molecular complexity index is 623. The molecule has 0 radical (unpaired) electrons. The van der Waals surface area contributed by atoms with E-state index in [1.54, 1.807) is 28.4 Å². The number of ether oxygens (including phenoxy) is 4. The lowest BCUT2D eigenvalue weighted by atomic mass is 9.97. The molecule has 1 atom stereocenters. The highest BCUT2D eigenvalue weighted by molar-refractivity contribution is 7.28. The van der Waals surface area contributed by atoms with Crippen LogP contribution in [0.15, 0.2) is 24.3 Å². The van der Waals surface area contributed by atoms with Crippen molar-refractivity contribution in [3.8, 4) is 34.1 Å². The molecule has 0 bridgehead atoms. The van der Waals surface area contributed by atoms with Gasteiger partial charge < -0.3 is 18.9 Å². The van der Waals surface area contributed by atoms with E-state index < -0.39 is 0 Å². The van der Waals surface area contributed by atoms with Gasteiger partial charge in [-0.25, -0.2) is 0 Å². The normalized spacial score (nSPS) is 10.3. The summed E-state index contributed by atoms with van der Waals surface area (Å²) in [4.78, 5) is 0. The van der Waals surface area contributed by atoms with Crippen LogP contribution in [-0.2, 0) is 0 Å². The fourth-order valence-electron chi connectivity index (χ4n) is 2.48. The van der Waals surface area contributed by atoms with Crippen LogP contribution in [0.5, 0.6) is 23.0 Å². The molecular weight excluding hydrogens is 299 g/mol. The van der Waals surface area contributed by atoms with Crippen molar-refractivity contribution in [2.24, 2.45) is 0 Å². The third-order valence-corrected chi connectivity index (χ3v) is 4.00. The van der Waals surface area contributed by atoms with Crippen molar-refractivity contribution in [3.05, 3.63) is 29.8 Å². The molecule has 118 valence electrons. The molecule has 0 N–H and O–H groups in total. The smallest absolute Gasteiger partial charge is 0.131 e. The van der Waals surface area contributed by atoms with Crippen molar-refractivity contribution in [1.29, 1.82) is 0 Å². The molecule has 2 aromatic rings. The molecular formula is C17H21O4P. The second-order valence-corrected chi connectivity index (χ2v) is 5.44. The second-order valence-electron chi connectivity index (χ2n) is 4.82. The summed E-state index contributed by atoms with van der Waals surface area (Å²) in [5.74, 6) is 2.98. The zero-order valence-electron chi connectivity index (χ0n) is 13.5. The molecule has 0 aliphatic carbocycles. The average Bonchev–Trinajstić information content (AvgIpc) is 2.53. The first-order chi connectivity index (χ1) is 10.5. The molecule has 0 spiro atoms. The lowest BCUT2D eigenvalue weighted by Gasteiger charge is -2.19. The SMILES string of the molecule is COc1cc(C)c(-c2c(P)cc(OC)cc2OC)c(OC)c1. The Labute approximate surface area is 133 Å². The number of hydrogen-bond donors (Lipinski definition) is 0. The van der Waals surface area contributed by atoms with Gasteiger partial charge in [-0.3, -0.25) is 0 Å².